The molecule has 0 N–H and O–H groups in total. The molecule has 5 heteroatoms. The van der Waals surface area contributed by atoms with E-state index in [0.717, 1.165) is 31.8 Å². The molecule has 1 saturated heterocycles. The van der Waals surface area contributed by atoms with Crippen molar-refractivity contribution in [3.8, 4) is 0 Å². The molecule has 2 heterocycles. The zero-order chi connectivity index (χ0) is 14.8. The second-order valence-electron chi connectivity index (χ2n) is 5.59. The molecule has 0 unspecified atom stereocenters. The molecule has 3 nitrogen and oxygen atoms in total. The Balaban J connectivity index is 1.74. The van der Waals surface area contributed by atoms with Crippen LogP contribution in [0.5, 0.6) is 0 Å². The van der Waals surface area contributed by atoms with Crippen molar-refractivity contribution in [3.05, 3.63) is 53.6 Å². The maximum Gasteiger partial charge on any atom is 0.130 e. The Morgan fingerprint density at radius 3 is 2.71 bits per heavy atom. The maximum absolute atomic E-state index is 13.8. The number of imidazole rings is 1. The number of rotatable bonds is 4. The summed E-state index contributed by atoms with van der Waals surface area (Å²) in [5, 5.41) is 0. The van der Waals surface area contributed by atoms with E-state index in [4.69, 9.17) is 0 Å². The van der Waals surface area contributed by atoms with Gasteiger partial charge in [-0.2, -0.15) is 0 Å². The van der Waals surface area contributed by atoms with Gasteiger partial charge >= 0.3 is 0 Å². The first-order valence-electron chi connectivity index (χ1n) is 7.30. The van der Waals surface area contributed by atoms with Crippen LogP contribution in [0.3, 0.4) is 0 Å². The lowest BCUT2D eigenvalue weighted by Crippen LogP contribution is -2.33. The fourth-order valence-corrected chi connectivity index (χ4v) is 3.02. The molecule has 3 rings (SSSR count). The summed E-state index contributed by atoms with van der Waals surface area (Å²) in [6.07, 6.45) is 5.85. The summed E-state index contributed by atoms with van der Waals surface area (Å²) in [6.45, 7) is 4.00. The first-order valence-corrected chi connectivity index (χ1v) is 7.30. The molecule has 0 bridgehead atoms. The van der Waals surface area contributed by atoms with Crippen LogP contribution in [0.25, 0.3) is 0 Å². The third-order valence-electron chi connectivity index (χ3n) is 4.25. The number of benzene rings is 1. The van der Waals surface area contributed by atoms with Crippen LogP contribution in [0.4, 0.5) is 8.78 Å². The van der Waals surface area contributed by atoms with E-state index >= 15 is 0 Å². The Bertz CT molecular complexity index is 603. The summed E-state index contributed by atoms with van der Waals surface area (Å²) in [5.41, 5.74) is 0.173. The third kappa shape index (κ3) is 2.97. The Morgan fingerprint density at radius 2 is 2.05 bits per heavy atom. The Hall–Kier alpha value is -1.75. The number of likely N-dealkylation sites (tertiary alicyclic amines) is 1. The smallest absolute Gasteiger partial charge is 0.130 e. The van der Waals surface area contributed by atoms with Crippen LogP contribution < -0.4 is 0 Å². The van der Waals surface area contributed by atoms with E-state index in [1.54, 1.807) is 6.20 Å². The molecule has 1 aliphatic heterocycles. The largest absolute Gasteiger partial charge is 0.334 e. The van der Waals surface area contributed by atoms with E-state index < -0.39 is 11.6 Å². The van der Waals surface area contributed by atoms with Crippen molar-refractivity contribution in [2.75, 3.05) is 6.54 Å². The van der Waals surface area contributed by atoms with Crippen molar-refractivity contribution < 1.29 is 8.78 Å². The molecule has 1 atom stereocenters. The molecular weight excluding hydrogens is 272 g/mol. The van der Waals surface area contributed by atoms with Gasteiger partial charge in [-0.3, -0.25) is 4.90 Å². The van der Waals surface area contributed by atoms with E-state index in [9.17, 15) is 8.78 Å². The van der Waals surface area contributed by atoms with Gasteiger partial charge in [0.15, 0.2) is 0 Å². The third-order valence-corrected chi connectivity index (χ3v) is 4.25. The molecule has 2 aromatic rings. The van der Waals surface area contributed by atoms with E-state index in [0.29, 0.717) is 12.6 Å². The number of aromatic nitrogens is 2. The predicted octanol–water partition coefficient (Wildman–Crippen LogP) is 3.13. The molecule has 1 aliphatic rings. The van der Waals surface area contributed by atoms with Crippen LogP contribution in [0, 0.1) is 18.6 Å². The Kier molecular flexibility index (Phi) is 4.01. The first kappa shape index (κ1) is 14.2. The van der Waals surface area contributed by atoms with Crippen molar-refractivity contribution in [1.29, 1.82) is 0 Å². The van der Waals surface area contributed by atoms with Crippen molar-refractivity contribution in [3.63, 3.8) is 0 Å². The average molecular weight is 291 g/mol. The summed E-state index contributed by atoms with van der Waals surface area (Å²) in [5.74, 6) is 0.0536. The molecule has 1 fully saturated rings. The average Bonchev–Trinajstić information content (AvgIpc) is 3.05. The molecule has 21 heavy (non-hydrogen) atoms. The summed E-state index contributed by atoms with van der Waals surface area (Å²) in [6, 6.07) is 4.36. The van der Waals surface area contributed by atoms with Crippen LogP contribution in [-0.2, 0) is 13.1 Å². The molecule has 0 spiro atoms. The first-order chi connectivity index (χ1) is 10.1. The van der Waals surface area contributed by atoms with Crippen LogP contribution >= 0.6 is 0 Å². The van der Waals surface area contributed by atoms with Gasteiger partial charge in [-0.1, -0.05) is 6.07 Å². The molecule has 1 aromatic heterocycles. The monoisotopic (exact) mass is 291 g/mol. The van der Waals surface area contributed by atoms with E-state index in [1.807, 2.05) is 13.1 Å². The minimum atomic E-state index is -0.459. The van der Waals surface area contributed by atoms with Crippen molar-refractivity contribution in [1.82, 2.24) is 14.5 Å². The lowest BCUT2D eigenvalue weighted by molar-refractivity contribution is 0.217. The fourth-order valence-electron chi connectivity index (χ4n) is 3.02. The van der Waals surface area contributed by atoms with E-state index in [1.165, 1.54) is 18.2 Å². The number of nitrogens with zero attached hydrogens (tertiary/aromatic N) is 3. The van der Waals surface area contributed by atoms with E-state index in [2.05, 4.69) is 14.5 Å². The minimum Gasteiger partial charge on any atom is -0.334 e. The molecule has 0 aliphatic carbocycles. The molecule has 112 valence electrons. The van der Waals surface area contributed by atoms with Crippen LogP contribution in [0.1, 0.15) is 24.2 Å². The second-order valence-corrected chi connectivity index (χ2v) is 5.59. The van der Waals surface area contributed by atoms with Gasteiger partial charge in [0.1, 0.15) is 17.5 Å². The summed E-state index contributed by atoms with van der Waals surface area (Å²) in [7, 11) is 0. The highest BCUT2D eigenvalue weighted by Crippen LogP contribution is 2.24. The van der Waals surface area contributed by atoms with Gasteiger partial charge in [0.2, 0.25) is 0 Å². The molecule has 0 amide bonds. The molecule has 0 radical (unpaired) electrons. The van der Waals surface area contributed by atoms with E-state index in [-0.39, 0.29) is 5.56 Å². The summed E-state index contributed by atoms with van der Waals surface area (Å²) < 4.78 is 29.7. The van der Waals surface area contributed by atoms with Crippen LogP contribution in [0.15, 0.2) is 30.6 Å². The van der Waals surface area contributed by atoms with Crippen LogP contribution in [0.2, 0.25) is 0 Å². The molecule has 1 aromatic carbocycles. The lowest BCUT2D eigenvalue weighted by atomic mass is 10.1. The quantitative estimate of drug-likeness (QED) is 0.863. The van der Waals surface area contributed by atoms with Gasteiger partial charge in [0, 0.05) is 37.1 Å². The Labute approximate surface area is 123 Å². The highest BCUT2D eigenvalue weighted by atomic mass is 19.1. The zero-order valence-corrected chi connectivity index (χ0v) is 12.1. The second kappa shape index (κ2) is 5.93. The number of hydrogen-bond donors (Lipinski definition) is 0. The van der Waals surface area contributed by atoms with Gasteiger partial charge in [-0.15, -0.1) is 0 Å². The lowest BCUT2D eigenvalue weighted by Gasteiger charge is -2.25. The van der Waals surface area contributed by atoms with Gasteiger partial charge in [-0.05, 0) is 38.4 Å². The summed E-state index contributed by atoms with van der Waals surface area (Å²) >= 11 is 0. The highest BCUT2D eigenvalue weighted by Gasteiger charge is 2.26. The van der Waals surface area contributed by atoms with Gasteiger partial charge in [0.25, 0.3) is 0 Å². The molecular formula is C16H19F2N3. The number of halogens is 2. The number of hydrogen-bond acceptors (Lipinski definition) is 2. The molecule has 0 saturated carbocycles. The van der Waals surface area contributed by atoms with Gasteiger partial charge in [0.05, 0.1) is 0 Å². The van der Waals surface area contributed by atoms with Crippen LogP contribution in [-0.4, -0.2) is 27.0 Å². The standard InChI is InChI=1S/C16H19F2N3/c1-12-19-7-9-20(12)10-13-4-3-8-21(13)11-14-15(17)5-2-6-16(14)18/h2,5-7,9,13H,3-4,8,10-11H2,1H3/t13-/m1/s1. The van der Waals surface area contributed by atoms with Crippen molar-refractivity contribution >= 4 is 0 Å². The topological polar surface area (TPSA) is 21.1 Å². The fraction of sp³-hybridized carbons (Fsp3) is 0.438. The normalized spacial score (nSPS) is 19.3. The van der Waals surface area contributed by atoms with Gasteiger partial charge < -0.3 is 4.57 Å². The Morgan fingerprint density at radius 1 is 1.29 bits per heavy atom. The SMILES string of the molecule is Cc1nccn1C[C@H]1CCCN1Cc1c(F)cccc1F. The van der Waals surface area contributed by atoms with Crippen molar-refractivity contribution in [2.45, 2.75) is 38.9 Å². The van der Waals surface area contributed by atoms with Crippen molar-refractivity contribution in [2.24, 2.45) is 0 Å². The number of aryl methyl sites for hydroxylation is 1. The minimum absolute atomic E-state index is 0.173. The highest BCUT2D eigenvalue weighted by molar-refractivity contribution is 5.19. The predicted molar refractivity (Wildman–Crippen MR) is 76.8 cm³/mol. The maximum atomic E-state index is 13.8. The summed E-state index contributed by atoms with van der Waals surface area (Å²) in [4.78, 5) is 6.39. The van der Waals surface area contributed by atoms with Gasteiger partial charge in [-0.25, -0.2) is 13.8 Å². The zero-order valence-electron chi connectivity index (χ0n) is 12.1.